The van der Waals surface area contributed by atoms with E-state index in [9.17, 15) is 4.39 Å². The molecule has 1 aromatic heterocycles. The molecule has 0 aliphatic heterocycles. The molecule has 0 fully saturated rings. The van der Waals surface area contributed by atoms with E-state index in [1.807, 2.05) is 6.07 Å². The number of anilines is 1. The summed E-state index contributed by atoms with van der Waals surface area (Å²) in [6.07, 6.45) is 4.64. The van der Waals surface area contributed by atoms with E-state index >= 15 is 0 Å². The first kappa shape index (κ1) is 18.2. The summed E-state index contributed by atoms with van der Waals surface area (Å²) in [6.45, 7) is 10.7. The summed E-state index contributed by atoms with van der Waals surface area (Å²) in [5, 5.41) is 3.25. The molecule has 0 unspecified atom stereocenters. The van der Waals surface area contributed by atoms with E-state index in [0.717, 1.165) is 18.7 Å². The quantitative estimate of drug-likeness (QED) is 0.400. The zero-order valence-corrected chi connectivity index (χ0v) is 14.2. The van der Waals surface area contributed by atoms with Crippen molar-refractivity contribution in [1.82, 2.24) is 4.98 Å². The van der Waals surface area contributed by atoms with Crippen molar-refractivity contribution in [2.45, 2.75) is 26.2 Å². The van der Waals surface area contributed by atoms with Gasteiger partial charge in [0.25, 0.3) is 0 Å². The van der Waals surface area contributed by atoms with Crippen LogP contribution in [0.15, 0.2) is 48.5 Å². The fourth-order valence-electron chi connectivity index (χ4n) is 2.51. The molecular formula is C19H25FN2O2. The molecule has 4 nitrogen and oxygen atoms in total. The fourth-order valence-corrected chi connectivity index (χ4v) is 2.51. The lowest BCUT2D eigenvalue weighted by atomic mass is 10.2. The maximum atomic E-state index is 12.8. The second-order valence-corrected chi connectivity index (χ2v) is 5.78. The Morgan fingerprint density at radius 3 is 2.88 bits per heavy atom. The van der Waals surface area contributed by atoms with Crippen LogP contribution in [0.2, 0.25) is 0 Å². The molecule has 1 N–H and O–H groups in total. The van der Waals surface area contributed by atoms with Crippen LogP contribution >= 0.6 is 0 Å². The summed E-state index contributed by atoms with van der Waals surface area (Å²) in [6, 6.07) is 4.16. The third-order valence-electron chi connectivity index (χ3n) is 3.67. The number of nitrogens with zero attached hydrogens (tertiary/aromatic N) is 1. The highest BCUT2D eigenvalue weighted by atomic mass is 19.1. The van der Waals surface area contributed by atoms with E-state index < -0.39 is 5.83 Å². The summed E-state index contributed by atoms with van der Waals surface area (Å²) >= 11 is 0. The van der Waals surface area contributed by atoms with Gasteiger partial charge in [0.15, 0.2) is 0 Å². The number of nitrogens with one attached hydrogen (secondary N) is 1. The Balaban J connectivity index is 1.60. The van der Waals surface area contributed by atoms with Crippen LogP contribution < -0.4 is 5.32 Å². The molecule has 1 aliphatic rings. The van der Waals surface area contributed by atoms with E-state index in [1.165, 1.54) is 23.8 Å². The van der Waals surface area contributed by atoms with Crippen LogP contribution in [0.4, 0.5) is 10.2 Å². The lowest BCUT2D eigenvalue weighted by Gasteiger charge is -2.11. The van der Waals surface area contributed by atoms with Crippen molar-refractivity contribution in [3.8, 4) is 0 Å². The molecule has 1 heterocycles. The minimum atomic E-state index is -0.556. The van der Waals surface area contributed by atoms with E-state index in [0.29, 0.717) is 37.7 Å². The standard InChI is InChI=1S/C19H25FN2O2/c1-14(2)18(13-15(3)20)24-12-11-23-10-9-21-19-8-7-16-5-4-6-17(16)22-19/h7-8,13H,1,3-6,9-12H2,2H3,(H,21,22)/b18-13+. The van der Waals surface area contributed by atoms with Gasteiger partial charge in [0.05, 0.1) is 13.2 Å². The first-order valence-electron chi connectivity index (χ1n) is 8.21. The van der Waals surface area contributed by atoms with E-state index in [4.69, 9.17) is 9.47 Å². The molecule has 0 saturated heterocycles. The van der Waals surface area contributed by atoms with Gasteiger partial charge in [-0.2, -0.15) is 0 Å². The number of hydrogen-bond acceptors (Lipinski definition) is 4. The molecule has 1 aliphatic carbocycles. The van der Waals surface area contributed by atoms with Crippen LogP contribution in [0.25, 0.3) is 0 Å². The van der Waals surface area contributed by atoms with Crippen LogP contribution in [-0.4, -0.2) is 31.3 Å². The van der Waals surface area contributed by atoms with Crippen molar-refractivity contribution >= 4 is 5.82 Å². The summed E-state index contributed by atoms with van der Waals surface area (Å²) in [5.41, 5.74) is 3.23. The molecule has 0 atom stereocenters. The SMILES string of the molecule is C=C(F)/C=C(/OCCOCCNc1ccc2c(n1)CCC2)C(=C)C. The number of aromatic nitrogens is 1. The van der Waals surface area contributed by atoms with Gasteiger partial charge in [0.2, 0.25) is 0 Å². The van der Waals surface area contributed by atoms with Gasteiger partial charge in [0, 0.05) is 18.3 Å². The number of fused-ring (bicyclic) bond motifs is 1. The lowest BCUT2D eigenvalue weighted by Crippen LogP contribution is -2.13. The second-order valence-electron chi connectivity index (χ2n) is 5.78. The molecule has 0 saturated carbocycles. The zero-order chi connectivity index (χ0) is 17.4. The van der Waals surface area contributed by atoms with Gasteiger partial charge < -0.3 is 14.8 Å². The van der Waals surface area contributed by atoms with Crippen molar-refractivity contribution in [1.29, 1.82) is 0 Å². The Kier molecular flexibility index (Phi) is 7.00. The van der Waals surface area contributed by atoms with Gasteiger partial charge in [-0.15, -0.1) is 0 Å². The third-order valence-corrected chi connectivity index (χ3v) is 3.67. The number of pyridine rings is 1. The van der Waals surface area contributed by atoms with Crippen LogP contribution in [0.5, 0.6) is 0 Å². The van der Waals surface area contributed by atoms with Crippen LogP contribution in [0.3, 0.4) is 0 Å². The van der Waals surface area contributed by atoms with Crippen molar-refractivity contribution < 1.29 is 13.9 Å². The second kappa shape index (κ2) is 9.23. The van der Waals surface area contributed by atoms with Crippen LogP contribution in [0, 0.1) is 0 Å². The van der Waals surface area contributed by atoms with Gasteiger partial charge in [-0.25, -0.2) is 9.37 Å². The highest BCUT2D eigenvalue weighted by molar-refractivity contribution is 5.40. The van der Waals surface area contributed by atoms with Crippen LogP contribution in [-0.2, 0) is 22.3 Å². The Bertz CT molecular complexity index is 626. The Hall–Kier alpha value is -2.14. The number of aryl methyl sites for hydroxylation is 2. The van der Waals surface area contributed by atoms with Crippen molar-refractivity contribution in [3.63, 3.8) is 0 Å². The highest BCUT2D eigenvalue weighted by Gasteiger charge is 2.11. The molecule has 0 aromatic carbocycles. The summed E-state index contributed by atoms with van der Waals surface area (Å²) in [4.78, 5) is 4.61. The molecule has 0 bridgehead atoms. The van der Waals surface area contributed by atoms with Crippen molar-refractivity contribution in [2.75, 3.05) is 31.7 Å². The number of allylic oxidation sites excluding steroid dienone is 3. The minimum Gasteiger partial charge on any atom is -0.491 e. The van der Waals surface area contributed by atoms with Gasteiger partial charge in [0.1, 0.15) is 24.0 Å². The van der Waals surface area contributed by atoms with Crippen molar-refractivity contribution in [2.24, 2.45) is 0 Å². The highest BCUT2D eigenvalue weighted by Crippen LogP contribution is 2.21. The van der Waals surface area contributed by atoms with E-state index in [1.54, 1.807) is 6.92 Å². The average Bonchev–Trinajstić information content (AvgIpc) is 3.00. The number of hydrogen-bond donors (Lipinski definition) is 1. The number of halogens is 1. The molecule has 130 valence electrons. The third kappa shape index (κ3) is 5.81. The summed E-state index contributed by atoms with van der Waals surface area (Å²) in [5.74, 6) is 0.732. The van der Waals surface area contributed by atoms with Gasteiger partial charge in [-0.1, -0.05) is 19.2 Å². The number of ether oxygens (including phenoxy) is 2. The Labute approximate surface area is 143 Å². The molecule has 5 heteroatoms. The summed E-state index contributed by atoms with van der Waals surface area (Å²) < 4.78 is 23.7. The normalized spacial score (nSPS) is 13.5. The lowest BCUT2D eigenvalue weighted by molar-refractivity contribution is 0.0833. The minimum absolute atomic E-state index is 0.336. The molecule has 0 amide bonds. The largest absolute Gasteiger partial charge is 0.491 e. The van der Waals surface area contributed by atoms with E-state index in [2.05, 4.69) is 29.5 Å². The fraction of sp³-hybridized carbons (Fsp3) is 0.421. The maximum absolute atomic E-state index is 12.8. The average molecular weight is 332 g/mol. The predicted molar refractivity (Wildman–Crippen MR) is 94.7 cm³/mol. The van der Waals surface area contributed by atoms with Crippen molar-refractivity contribution in [3.05, 3.63) is 59.8 Å². The molecular weight excluding hydrogens is 307 g/mol. The topological polar surface area (TPSA) is 43.4 Å². The van der Waals surface area contributed by atoms with Gasteiger partial charge >= 0.3 is 0 Å². The molecule has 1 aromatic rings. The first-order valence-corrected chi connectivity index (χ1v) is 8.21. The monoisotopic (exact) mass is 332 g/mol. The van der Waals surface area contributed by atoms with Gasteiger partial charge in [-0.3, -0.25) is 0 Å². The Morgan fingerprint density at radius 2 is 2.12 bits per heavy atom. The maximum Gasteiger partial charge on any atom is 0.126 e. The number of rotatable bonds is 10. The predicted octanol–water partition coefficient (Wildman–Crippen LogP) is 3.96. The zero-order valence-electron chi connectivity index (χ0n) is 14.2. The van der Waals surface area contributed by atoms with Gasteiger partial charge in [-0.05, 0) is 43.4 Å². The molecule has 2 rings (SSSR count). The summed E-state index contributed by atoms with van der Waals surface area (Å²) in [7, 11) is 0. The van der Waals surface area contributed by atoms with Crippen LogP contribution in [0.1, 0.15) is 24.6 Å². The molecule has 0 radical (unpaired) electrons. The molecule has 0 spiro atoms. The smallest absolute Gasteiger partial charge is 0.126 e. The Morgan fingerprint density at radius 1 is 1.29 bits per heavy atom. The van der Waals surface area contributed by atoms with E-state index in [-0.39, 0.29) is 0 Å². The first-order chi connectivity index (χ1) is 11.6. The molecule has 24 heavy (non-hydrogen) atoms.